The van der Waals surface area contributed by atoms with Crippen molar-refractivity contribution in [3.05, 3.63) is 52.1 Å². The number of phenols is 1. The summed E-state index contributed by atoms with van der Waals surface area (Å²) in [6, 6.07) is 1.45. The molecule has 33 heavy (non-hydrogen) atoms. The van der Waals surface area contributed by atoms with Gasteiger partial charge in [0.05, 0.1) is 22.9 Å². The van der Waals surface area contributed by atoms with Crippen LogP contribution in [0.5, 0.6) is 5.75 Å². The summed E-state index contributed by atoms with van der Waals surface area (Å²) in [7, 11) is 0. The Morgan fingerprint density at radius 3 is 2.70 bits per heavy atom. The maximum absolute atomic E-state index is 12.8. The lowest BCUT2D eigenvalue weighted by Crippen LogP contribution is -2.37. The van der Waals surface area contributed by atoms with E-state index in [2.05, 4.69) is 5.16 Å². The van der Waals surface area contributed by atoms with Gasteiger partial charge in [-0.05, 0) is 68.7 Å². The summed E-state index contributed by atoms with van der Waals surface area (Å²) in [5, 5.41) is 14.5. The number of phenolic OH excluding ortho intramolecular Hbond substituents is 1. The number of esters is 1. The third kappa shape index (κ3) is 7.09. The van der Waals surface area contributed by atoms with Crippen molar-refractivity contribution in [3.8, 4) is 5.75 Å². The van der Waals surface area contributed by atoms with Gasteiger partial charge in [-0.3, -0.25) is 4.79 Å². The summed E-state index contributed by atoms with van der Waals surface area (Å²) >= 11 is 6.40. The van der Waals surface area contributed by atoms with Crippen molar-refractivity contribution in [1.82, 2.24) is 4.90 Å². The molecular weight excluding hydrogens is 444 g/mol. The number of amides is 1. The predicted molar refractivity (Wildman–Crippen MR) is 128 cm³/mol. The number of halogens is 1. The Bertz CT molecular complexity index is 949. The van der Waals surface area contributed by atoms with Gasteiger partial charge in [0, 0.05) is 19.5 Å². The first-order chi connectivity index (χ1) is 16.0. The van der Waals surface area contributed by atoms with E-state index in [1.807, 2.05) is 18.2 Å². The van der Waals surface area contributed by atoms with Gasteiger partial charge in [-0.2, -0.15) is 0 Å². The Morgan fingerprint density at radius 1 is 1.18 bits per heavy atom. The fourth-order valence-electron chi connectivity index (χ4n) is 3.94. The average Bonchev–Trinajstić information content (AvgIpc) is 2.80. The Morgan fingerprint density at radius 2 is 1.91 bits per heavy atom. The van der Waals surface area contributed by atoms with Gasteiger partial charge in [-0.25, -0.2) is 4.79 Å². The molecule has 1 aromatic carbocycles. The quantitative estimate of drug-likeness (QED) is 0.388. The third-order valence-corrected chi connectivity index (χ3v) is 6.10. The van der Waals surface area contributed by atoms with E-state index < -0.39 is 5.97 Å². The predicted octanol–water partition coefficient (Wildman–Crippen LogP) is 4.73. The number of cyclic esters (lactones) is 1. The largest absolute Gasteiger partial charge is 0.506 e. The van der Waals surface area contributed by atoms with Crippen molar-refractivity contribution < 1.29 is 24.3 Å². The molecule has 1 fully saturated rings. The summed E-state index contributed by atoms with van der Waals surface area (Å²) in [6.07, 6.45) is 13.3. The summed E-state index contributed by atoms with van der Waals surface area (Å²) in [5.41, 5.74) is 1.78. The van der Waals surface area contributed by atoms with E-state index in [4.69, 9.17) is 21.2 Å². The zero-order valence-corrected chi connectivity index (χ0v) is 19.8. The fraction of sp³-hybridized carbons (Fsp3) is 0.480. The minimum atomic E-state index is -0.501. The minimum Gasteiger partial charge on any atom is -0.506 e. The Kier molecular flexibility index (Phi) is 9.36. The normalized spacial score (nSPS) is 21.0. The van der Waals surface area contributed by atoms with E-state index in [1.165, 1.54) is 6.07 Å². The lowest BCUT2D eigenvalue weighted by atomic mass is 9.96. The van der Waals surface area contributed by atoms with E-state index in [-0.39, 0.29) is 36.3 Å². The molecule has 0 saturated carbocycles. The van der Waals surface area contributed by atoms with Crippen LogP contribution >= 0.6 is 11.6 Å². The number of aromatic hydroxyl groups is 1. The second-order valence-corrected chi connectivity index (χ2v) is 8.61. The monoisotopic (exact) mass is 474 g/mol. The van der Waals surface area contributed by atoms with Gasteiger partial charge in [-0.1, -0.05) is 35.0 Å². The molecule has 0 unspecified atom stereocenters. The molecule has 0 bridgehead atoms. The number of hydrogen-bond donors (Lipinski definition) is 1. The number of oxime groups is 1. The third-order valence-electron chi connectivity index (χ3n) is 5.67. The maximum atomic E-state index is 12.8. The molecule has 2 heterocycles. The topological polar surface area (TPSA) is 88.4 Å². The molecule has 0 atom stereocenters. The molecule has 8 heteroatoms. The molecule has 0 radical (unpaired) electrons. The van der Waals surface area contributed by atoms with E-state index in [1.54, 1.807) is 17.9 Å². The van der Waals surface area contributed by atoms with Crippen molar-refractivity contribution >= 4 is 29.2 Å². The van der Waals surface area contributed by atoms with Crippen LogP contribution in [0.4, 0.5) is 0 Å². The summed E-state index contributed by atoms with van der Waals surface area (Å²) in [5.74, 6) is -0.710. The molecule has 1 aromatic rings. The molecule has 1 amide bonds. The van der Waals surface area contributed by atoms with Crippen molar-refractivity contribution in [2.45, 2.75) is 51.9 Å². The number of benzene rings is 1. The number of nitrogens with zero attached hydrogens (tertiary/aromatic N) is 2. The van der Waals surface area contributed by atoms with Gasteiger partial charge in [0.25, 0.3) is 5.91 Å². The van der Waals surface area contributed by atoms with Crippen LogP contribution in [-0.2, 0) is 20.8 Å². The van der Waals surface area contributed by atoms with Crippen LogP contribution in [0.2, 0.25) is 5.02 Å². The number of ether oxygens (including phenoxy) is 1. The molecule has 1 saturated heterocycles. The van der Waals surface area contributed by atoms with Crippen LogP contribution in [0.15, 0.2) is 35.5 Å². The van der Waals surface area contributed by atoms with E-state index in [0.717, 1.165) is 45.2 Å². The first-order valence-corrected chi connectivity index (χ1v) is 11.8. The number of fused-ring (bicyclic) bond motifs is 1. The molecular formula is C25H31ClN2O5. The average molecular weight is 475 g/mol. The number of likely N-dealkylation sites (tertiary alicyclic amines) is 1. The zero-order chi connectivity index (χ0) is 23.6. The number of aryl methyl sites for hydroxylation is 1. The molecule has 0 aliphatic carbocycles. The van der Waals surface area contributed by atoms with Crippen LogP contribution in [0.3, 0.4) is 0 Å². The molecule has 2 aliphatic rings. The van der Waals surface area contributed by atoms with Crippen LogP contribution < -0.4 is 0 Å². The highest BCUT2D eigenvalue weighted by atomic mass is 35.5. The summed E-state index contributed by atoms with van der Waals surface area (Å²) in [4.78, 5) is 32.4. The van der Waals surface area contributed by atoms with E-state index in [9.17, 15) is 14.7 Å². The highest BCUT2D eigenvalue weighted by molar-refractivity contribution is 6.33. The van der Waals surface area contributed by atoms with Gasteiger partial charge < -0.3 is 19.6 Å². The highest BCUT2D eigenvalue weighted by Gasteiger charge is 2.23. The Labute approximate surface area is 199 Å². The minimum absolute atomic E-state index is 0.0741. The molecule has 1 N–H and O–H groups in total. The van der Waals surface area contributed by atoms with Gasteiger partial charge in [-0.15, -0.1) is 0 Å². The number of carbonyl (C=O) groups is 2. The molecule has 0 aromatic heterocycles. The molecule has 178 valence electrons. The van der Waals surface area contributed by atoms with E-state index >= 15 is 0 Å². The lowest BCUT2D eigenvalue weighted by molar-refractivity contribution is -0.137. The number of rotatable bonds is 3. The van der Waals surface area contributed by atoms with Crippen molar-refractivity contribution in [2.24, 2.45) is 5.16 Å². The summed E-state index contributed by atoms with van der Waals surface area (Å²) in [6.45, 7) is 3.32. The number of allylic oxidation sites excluding steroid dienone is 3. The second kappa shape index (κ2) is 12.4. The highest BCUT2D eigenvalue weighted by Crippen LogP contribution is 2.33. The van der Waals surface area contributed by atoms with Crippen LogP contribution in [0.1, 0.15) is 60.0 Å². The van der Waals surface area contributed by atoms with Crippen LogP contribution in [0, 0.1) is 6.92 Å². The van der Waals surface area contributed by atoms with E-state index in [0.29, 0.717) is 28.8 Å². The first-order valence-electron chi connectivity index (χ1n) is 11.4. The molecule has 2 aliphatic heterocycles. The van der Waals surface area contributed by atoms with Crippen LogP contribution in [0.25, 0.3) is 0 Å². The number of carbonyl (C=O) groups excluding carboxylic acids is 2. The molecule has 0 spiro atoms. The maximum Gasteiger partial charge on any atom is 0.338 e. The van der Waals surface area contributed by atoms with Crippen molar-refractivity contribution in [1.29, 1.82) is 0 Å². The zero-order valence-electron chi connectivity index (χ0n) is 19.0. The van der Waals surface area contributed by atoms with Gasteiger partial charge in [0.15, 0.2) is 6.61 Å². The lowest BCUT2D eigenvalue weighted by Gasteiger charge is -2.26. The Balaban J connectivity index is 1.86. The summed E-state index contributed by atoms with van der Waals surface area (Å²) < 4.78 is 5.43. The molecule has 3 rings (SSSR count). The van der Waals surface area contributed by atoms with Gasteiger partial charge in [0.1, 0.15) is 5.75 Å². The van der Waals surface area contributed by atoms with Crippen molar-refractivity contribution in [2.75, 3.05) is 26.3 Å². The standard InChI is InChI=1S/C25H31ClN2O5/c1-18-15-21(29)24(26)20-16-19(27-33-17-22(30)28-12-8-6-9-13-28)11-7-4-2-3-5-10-14-32-25(31)23(18)20/h3,5,7,11,15,29H,2,4,6,8-10,12-14,16-17H2,1H3/b5-3+,11-7+,27-19+. The van der Waals surface area contributed by atoms with Crippen molar-refractivity contribution in [3.63, 3.8) is 0 Å². The number of piperidine rings is 1. The fourth-order valence-corrected chi connectivity index (χ4v) is 4.16. The van der Waals surface area contributed by atoms with Gasteiger partial charge in [0.2, 0.25) is 0 Å². The SMILES string of the molecule is Cc1cc(O)c(Cl)c2c1C(=O)OCC/C=C/CC/C=C/C(=N\OCC(=O)N1CCCCC1)C2. The first kappa shape index (κ1) is 24.8. The smallest absolute Gasteiger partial charge is 0.338 e. The van der Waals surface area contributed by atoms with Crippen LogP contribution in [-0.4, -0.2) is 53.9 Å². The Hall–Kier alpha value is -2.80. The van der Waals surface area contributed by atoms with Gasteiger partial charge >= 0.3 is 5.97 Å². The second-order valence-electron chi connectivity index (χ2n) is 8.23. The molecule has 7 nitrogen and oxygen atoms in total. The number of hydrogen-bond acceptors (Lipinski definition) is 6.